The first-order valence-electron chi connectivity index (χ1n) is 1.40. The molecule has 1 N–H and O–H groups in total. The van der Waals surface area contributed by atoms with Gasteiger partial charge in [-0.25, -0.2) is 0 Å². The van der Waals surface area contributed by atoms with Gasteiger partial charge >= 0.3 is 42.1 Å². The number of rotatable bonds is 0. The van der Waals surface area contributed by atoms with Crippen LogP contribution in [0, 0.1) is 0 Å². The second-order valence-corrected chi connectivity index (χ2v) is 8.57. The summed E-state index contributed by atoms with van der Waals surface area (Å²) < 4.78 is 0. The minimum atomic E-state index is -1.75. The Morgan fingerprint density at radius 2 is 1.14 bits per heavy atom. The van der Waals surface area contributed by atoms with Crippen LogP contribution in [-0.2, 0) is 13.0 Å². The van der Waals surface area contributed by atoms with E-state index in [9.17, 15) is 0 Å². The molecule has 0 aromatic rings. The molecule has 0 aromatic heterocycles. The number of hydrogen-bond donors (Lipinski definition) is 1. The molecular formula is C2H7Cl3NRu. The van der Waals surface area contributed by atoms with Crippen LogP contribution >= 0.6 is 29.1 Å². The summed E-state index contributed by atoms with van der Waals surface area (Å²) in [6, 6.07) is 0. The van der Waals surface area contributed by atoms with Gasteiger partial charge in [0.15, 0.2) is 0 Å². The van der Waals surface area contributed by atoms with Crippen molar-refractivity contribution in [2.75, 3.05) is 14.1 Å². The predicted molar refractivity (Wildman–Crippen MR) is 32.5 cm³/mol. The van der Waals surface area contributed by atoms with E-state index in [0.717, 1.165) is 0 Å². The van der Waals surface area contributed by atoms with Crippen molar-refractivity contribution < 1.29 is 13.0 Å². The van der Waals surface area contributed by atoms with Gasteiger partial charge < -0.3 is 5.32 Å². The fraction of sp³-hybridized carbons (Fsp3) is 1.00. The van der Waals surface area contributed by atoms with E-state index in [-0.39, 0.29) is 0 Å². The Hall–Kier alpha value is 1.45. The van der Waals surface area contributed by atoms with Crippen LogP contribution in [0.2, 0.25) is 0 Å². The van der Waals surface area contributed by atoms with Gasteiger partial charge in [-0.15, -0.1) is 0 Å². The van der Waals surface area contributed by atoms with Crippen LogP contribution in [0.4, 0.5) is 0 Å². The van der Waals surface area contributed by atoms with Crippen LogP contribution in [0.25, 0.3) is 0 Å². The first-order chi connectivity index (χ1) is 3.15. The molecule has 0 aromatic carbocycles. The Kier molecular flexibility index (Phi) is 16.8. The van der Waals surface area contributed by atoms with E-state index in [4.69, 9.17) is 29.1 Å². The maximum absolute atomic E-state index is 4.95. The van der Waals surface area contributed by atoms with Crippen molar-refractivity contribution in [2.45, 2.75) is 0 Å². The van der Waals surface area contributed by atoms with Crippen LogP contribution in [0.1, 0.15) is 0 Å². The monoisotopic (exact) mass is 252 g/mol. The van der Waals surface area contributed by atoms with Crippen molar-refractivity contribution in [1.82, 2.24) is 5.32 Å². The molecule has 0 aliphatic heterocycles. The average molecular weight is 253 g/mol. The molecule has 0 radical (unpaired) electrons. The van der Waals surface area contributed by atoms with Crippen LogP contribution in [-0.4, -0.2) is 14.1 Å². The maximum atomic E-state index is 4.95. The molecule has 0 amide bonds. The van der Waals surface area contributed by atoms with Crippen LogP contribution in [0.5, 0.6) is 0 Å². The molecule has 0 fully saturated rings. The van der Waals surface area contributed by atoms with Crippen molar-refractivity contribution in [1.29, 1.82) is 0 Å². The van der Waals surface area contributed by atoms with E-state index in [1.165, 1.54) is 0 Å². The zero-order valence-electron chi connectivity index (χ0n) is 3.99. The summed E-state index contributed by atoms with van der Waals surface area (Å²) in [5, 5.41) is 2.75. The summed E-state index contributed by atoms with van der Waals surface area (Å²) in [5.41, 5.74) is 0. The summed E-state index contributed by atoms with van der Waals surface area (Å²) in [6.45, 7) is 0. The number of nitrogens with one attached hydrogen (secondary N) is 1. The third kappa shape index (κ3) is 105. The standard InChI is InChI=1S/C2H7N.3ClH.Ru/c1-3-2;;;;/h3H,1-2H3;3*1H;/q;;;;+3/p-3. The number of hydrogen-bond acceptors (Lipinski definition) is 1. The van der Waals surface area contributed by atoms with Crippen molar-refractivity contribution in [3.05, 3.63) is 0 Å². The van der Waals surface area contributed by atoms with Gasteiger partial charge in [0.05, 0.1) is 0 Å². The zero-order valence-corrected chi connectivity index (χ0v) is 7.99. The van der Waals surface area contributed by atoms with E-state index < -0.39 is 13.0 Å². The predicted octanol–water partition coefficient (Wildman–Crippen LogP) is 1.90. The van der Waals surface area contributed by atoms with E-state index in [1.807, 2.05) is 14.1 Å². The van der Waals surface area contributed by atoms with Crippen LogP contribution in [0.15, 0.2) is 0 Å². The average Bonchev–Trinajstić information content (AvgIpc) is 1.33. The molecule has 0 spiro atoms. The molecule has 1 nitrogen and oxygen atoms in total. The molecule has 7 heavy (non-hydrogen) atoms. The third-order valence-electron chi connectivity index (χ3n) is 0. The van der Waals surface area contributed by atoms with Gasteiger partial charge in [-0.3, -0.25) is 0 Å². The second kappa shape index (κ2) is 10.4. The molecule has 5 heteroatoms. The normalized spacial score (nSPS) is 9.00. The Labute approximate surface area is 61.3 Å². The van der Waals surface area contributed by atoms with Crippen molar-refractivity contribution in [3.8, 4) is 0 Å². The molecule has 0 saturated heterocycles. The van der Waals surface area contributed by atoms with Gasteiger partial charge in [-0.05, 0) is 14.1 Å². The Bertz CT molecular complexity index is 24.1. The molecule has 0 unspecified atom stereocenters. The van der Waals surface area contributed by atoms with Gasteiger partial charge in [0.2, 0.25) is 0 Å². The van der Waals surface area contributed by atoms with Crippen LogP contribution in [0.3, 0.4) is 0 Å². The topological polar surface area (TPSA) is 12.0 Å². The van der Waals surface area contributed by atoms with Gasteiger partial charge in [-0.1, -0.05) is 0 Å². The van der Waals surface area contributed by atoms with E-state index in [2.05, 4.69) is 5.32 Å². The molecule has 0 aliphatic carbocycles. The summed E-state index contributed by atoms with van der Waals surface area (Å²) in [4.78, 5) is 0. The molecule has 49 valence electrons. The minimum absolute atomic E-state index is 1.75. The molecular weight excluding hydrogens is 245 g/mol. The van der Waals surface area contributed by atoms with Gasteiger partial charge in [-0.2, -0.15) is 0 Å². The summed E-state index contributed by atoms with van der Waals surface area (Å²) in [5.74, 6) is 0. The first kappa shape index (κ1) is 11.3. The summed E-state index contributed by atoms with van der Waals surface area (Å²) >= 11 is -1.75. The fourth-order valence-electron chi connectivity index (χ4n) is 0. The SMILES string of the molecule is CNC.[Cl][Ru]([Cl])[Cl]. The zero-order chi connectivity index (χ0) is 6.28. The third-order valence-corrected chi connectivity index (χ3v) is 0. The van der Waals surface area contributed by atoms with Crippen molar-refractivity contribution in [2.24, 2.45) is 0 Å². The quantitative estimate of drug-likeness (QED) is 0.650. The second-order valence-electron chi connectivity index (χ2n) is 0.652. The van der Waals surface area contributed by atoms with Crippen LogP contribution < -0.4 is 5.32 Å². The number of halogens is 3. The Morgan fingerprint density at radius 1 is 1.14 bits per heavy atom. The van der Waals surface area contributed by atoms with Gasteiger partial charge in [0, 0.05) is 0 Å². The molecule has 0 saturated carbocycles. The van der Waals surface area contributed by atoms with Gasteiger partial charge in [0.25, 0.3) is 0 Å². The Morgan fingerprint density at radius 3 is 1.14 bits per heavy atom. The molecule has 0 heterocycles. The summed E-state index contributed by atoms with van der Waals surface area (Å²) in [7, 11) is 18.6. The van der Waals surface area contributed by atoms with Crippen molar-refractivity contribution in [3.63, 3.8) is 0 Å². The van der Waals surface area contributed by atoms with E-state index >= 15 is 0 Å². The van der Waals surface area contributed by atoms with E-state index in [1.54, 1.807) is 0 Å². The molecule has 0 bridgehead atoms. The Balaban J connectivity index is 0. The molecule has 0 rings (SSSR count). The van der Waals surface area contributed by atoms with E-state index in [0.29, 0.717) is 0 Å². The molecule has 0 aliphatic rings. The first-order valence-corrected chi connectivity index (χ1v) is 8.12. The van der Waals surface area contributed by atoms with Crippen molar-refractivity contribution >= 4 is 29.1 Å². The van der Waals surface area contributed by atoms with Gasteiger partial charge in [0.1, 0.15) is 0 Å². The summed E-state index contributed by atoms with van der Waals surface area (Å²) in [6.07, 6.45) is 0. The fourth-order valence-corrected chi connectivity index (χ4v) is 0. The molecule has 0 atom stereocenters.